The molecule has 1 N–H and O–H groups in total. The van der Waals surface area contributed by atoms with Crippen LogP contribution < -0.4 is 5.32 Å². The molecule has 5 nitrogen and oxygen atoms in total. The van der Waals surface area contributed by atoms with Crippen LogP contribution >= 0.6 is 0 Å². The van der Waals surface area contributed by atoms with Crippen molar-refractivity contribution in [3.05, 3.63) is 70.8 Å². The molecule has 1 amide bonds. The number of rotatable bonds is 9. The summed E-state index contributed by atoms with van der Waals surface area (Å²) in [7, 11) is 0. The third-order valence-corrected chi connectivity index (χ3v) is 5.68. The molecule has 3 rings (SSSR count). The van der Waals surface area contributed by atoms with Crippen LogP contribution in [0.3, 0.4) is 0 Å². The molecule has 0 radical (unpaired) electrons. The van der Waals surface area contributed by atoms with Crippen molar-refractivity contribution in [2.45, 2.75) is 65.3 Å². The fourth-order valence-corrected chi connectivity index (χ4v) is 4.02. The lowest BCUT2D eigenvalue weighted by Gasteiger charge is -2.35. The third-order valence-electron chi connectivity index (χ3n) is 5.68. The Morgan fingerprint density at radius 1 is 0.903 bits per heavy atom. The first-order chi connectivity index (χ1) is 14.9. The lowest BCUT2D eigenvalue weighted by Crippen LogP contribution is -2.44. The molecular weight excluding hydrogens is 388 g/mol. The number of ketones is 1. The largest absolute Gasteiger partial charge is 0.373 e. The Kier molecular flexibility index (Phi) is 8.38. The highest BCUT2D eigenvalue weighted by atomic mass is 16.5. The van der Waals surface area contributed by atoms with Gasteiger partial charge in [-0.1, -0.05) is 55.5 Å². The molecule has 1 aliphatic heterocycles. The van der Waals surface area contributed by atoms with Crippen LogP contribution in [-0.2, 0) is 29.0 Å². The summed E-state index contributed by atoms with van der Waals surface area (Å²) in [5, 5.41) is 2.92. The number of nitrogens with zero attached hydrogens (tertiary/aromatic N) is 1. The first kappa shape index (κ1) is 23.2. The second kappa shape index (κ2) is 11.2. The Balaban J connectivity index is 1.40. The summed E-state index contributed by atoms with van der Waals surface area (Å²) in [5.41, 5.74) is 4.19. The number of Topliss-reactive ketones (excluding diaryl/α,β-unsaturated/α-hetero) is 1. The Hall–Kier alpha value is -2.50. The minimum absolute atomic E-state index is 0.00825. The van der Waals surface area contributed by atoms with E-state index in [4.69, 9.17) is 4.74 Å². The summed E-state index contributed by atoms with van der Waals surface area (Å²) in [6.07, 6.45) is 1.91. The molecule has 0 bridgehead atoms. The number of nitrogens with one attached hydrogen (secondary N) is 1. The Bertz CT molecular complexity index is 851. The molecule has 2 unspecified atom stereocenters. The minimum Gasteiger partial charge on any atom is -0.373 e. The van der Waals surface area contributed by atoms with Gasteiger partial charge in [0.15, 0.2) is 5.78 Å². The lowest BCUT2D eigenvalue weighted by molar-refractivity contribution is -0.121. The van der Waals surface area contributed by atoms with E-state index in [-0.39, 0.29) is 36.7 Å². The predicted octanol–water partition coefficient (Wildman–Crippen LogP) is 4.14. The first-order valence-corrected chi connectivity index (χ1v) is 11.3. The Labute approximate surface area is 185 Å². The van der Waals surface area contributed by atoms with Crippen LogP contribution in [0.4, 0.5) is 0 Å². The number of carbonyl (C=O) groups excluding carboxylic acids is 2. The standard InChI is InChI=1S/C26H34N2O3/c1-4-21-9-11-24(12-10-21)25(29)13-14-26(30)27-15-22-5-7-23(8-6-22)18-28-16-19(2)31-20(3)17-28/h5-12,19-20H,4,13-18H2,1-3H3,(H,27,30). The quantitative estimate of drug-likeness (QED) is 0.617. The number of morpholine rings is 1. The number of ether oxygens (including phenoxy) is 1. The molecule has 1 saturated heterocycles. The molecule has 31 heavy (non-hydrogen) atoms. The molecule has 1 aliphatic rings. The average Bonchev–Trinajstić information content (AvgIpc) is 2.76. The molecule has 2 aromatic carbocycles. The second-order valence-electron chi connectivity index (χ2n) is 8.52. The van der Waals surface area contributed by atoms with E-state index >= 15 is 0 Å². The van der Waals surface area contributed by atoms with Crippen LogP contribution in [0.25, 0.3) is 0 Å². The Morgan fingerprint density at radius 2 is 1.48 bits per heavy atom. The number of aryl methyl sites for hydroxylation is 1. The Morgan fingerprint density at radius 3 is 2.10 bits per heavy atom. The van der Waals surface area contributed by atoms with Crippen LogP contribution in [0, 0.1) is 0 Å². The van der Waals surface area contributed by atoms with Gasteiger partial charge in [-0.15, -0.1) is 0 Å². The summed E-state index contributed by atoms with van der Waals surface area (Å²) in [4.78, 5) is 26.9. The molecule has 1 fully saturated rings. The van der Waals surface area contributed by atoms with Gasteiger partial charge in [-0.05, 0) is 37.0 Å². The minimum atomic E-state index is -0.0982. The number of carbonyl (C=O) groups is 2. The zero-order chi connectivity index (χ0) is 22.2. The molecule has 1 heterocycles. The van der Waals surface area contributed by atoms with Crippen molar-refractivity contribution in [2.75, 3.05) is 13.1 Å². The first-order valence-electron chi connectivity index (χ1n) is 11.3. The van der Waals surface area contributed by atoms with Gasteiger partial charge in [0.05, 0.1) is 12.2 Å². The van der Waals surface area contributed by atoms with Gasteiger partial charge >= 0.3 is 0 Å². The van der Waals surface area contributed by atoms with E-state index in [1.165, 1.54) is 11.1 Å². The van der Waals surface area contributed by atoms with E-state index < -0.39 is 0 Å². The predicted molar refractivity (Wildman–Crippen MR) is 123 cm³/mol. The van der Waals surface area contributed by atoms with E-state index in [0.29, 0.717) is 12.1 Å². The van der Waals surface area contributed by atoms with Crippen molar-refractivity contribution in [2.24, 2.45) is 0 Å². The normalized spacial score (nSPS) is 19.2. The van der Waals surface area contributed by atoms with Gasteiger partial charge in [-0.3, -0.25) is 14.5 Å². The van der Waals surface area contributed by atoms with Crippen molar-refractivity contribution in [1.29, 1.82) is 0 Å². The fraction of sp³-hybridized carbons (Fsp3) is 0.462. The van der Waals surface area contributed by atoms with Crippen molar-refractivity contribution < 1.29 is 14.3 Å². The lowest BCUT2D eigenvalue weighted by atomic mass is 10.0. The van der Waals surface area contributed by atoms with Crippen LogP contribution in [0.1, 0.15) is 60.7 Å². The van der Waals surface area contributed by atoms with Gasteiger partial charge in [0.2, 0.25) is 5.91 Å². The van der Waals surface area contributed by atoms with Crippen molar-refractivity contribution in [3.63, 3.8) is 0 Å². The van der Waals surface area contributed by atoms with Crippen LogP contribution in [-0.4, -0.2) is 41.9 Å². The van der Waals surface area contributed by atoms with Gasteiger partial charge in [0.1, 0.15) is 0 Å². The van der Waals surface area contributed by atoms with Crippen molar-refractivity contribution in [1.82, 2.24) is 10.2 Å². The molecule has 2 aromatic rings. The zero-order valence-electron chi connectivity index (χ0n) is 18.9. The molecule has 0 spiro atoms. The highest BCUT2D eigenvalue weighted by Crippen LogP contribution is 2.15. The highest BCUT2D eigenvalue weighted by molar-refractivity contribution is 5.97. The van der Waals surface area contributed by atoms with Gasteiger partial charge in [0, 0.05) is 44.6 Å². The molecule has 0 saturated carbocycles. The zero-order valence-corrected chi connectivity index (χ0v) is 18.9. The summed E-state index contributed by atoms with van der Waals surface area (Å²) < 4.78 is 5.79. The summed E-state index contributed by atoms with van der Waals surface area (Å²) in [5.74, 6) is -0.0900. The smallest absolute Gasteiger partial charge is 0.220 e. The maximum absolute atomic E-state index is 12.3. The third kappa shape index (κ3) is 7.30. The maximum Gasteiger partial charge on any atom is 0.220 e. The van der Waals surface area contributed by atoms with Crippen LogP contribution in [0.5, 0.6) is 0 Å². The van der Waals surface area contributed by atoms with Gasteiger partial charge < -0.3 is 10.1 Å². The highest BCUT2D eigenvalue weighted by Gasteiger charge is 2.21. The topological polar surface area (TPSA) is 58.6 Å². The summed E-state index contributed by atoms with van der Waals surface area (Å²) >= 11 is 0. The fourth-order valence-electron chi connectivity index (χ4n) is 4.02. The average molecular weight is 423 g/mol. The van der Waals surface area contributed by atoms with Gasteiger partial charge in [-0.25, -0.2) is 0 Å². The summed E-state index contributed by atoms with van der Waals surface area (Å²) in [6, 6.07) is 16.0. The number of hydrogen-bond donors (Lipinski definition) is 1. The molecule has 5 heteroatoms. The van der Waals surface area contributed by atoms with Crippen molar-refractivity contribution >= 4 is 11.7 Å². The number of hydrogen-bond acceptors (Lipinski definition) is 4. The van der Waals surface area contributed by atoms with Crippen molar-refractivity contribution in [3.8, 4) is 0 Å². The molecular formula is C26H34N2O3. The van der Waals surface area contributed by atoms with Crippen LogP contribution in [0.2, 0.25) is 0 Å². The monoisotopic (exact) mass is 422 g/mol. The SMILES string of the molecule is CCc1ccc(C(=O)CCC(=O)NCc2ccc(CN3CC(C)OC(C)C3)cc2)cc1. The number of benzene rings is 2. The van der Waals surface area contributed by atoms with E-state index in [2.05, 4.69) is 55.3 Å². The van der Waals surface area contributed by atoms with E-state index in [1.54, 1.807) is 0 Å². The molecule has 166 valence electrons. The van der Waals surface area contributed by atoms with Gasteiger partial charge in [-0.2, -0.15) is 0 Å². The van der Waals surface area contributed by atoms with Crippen LogP contribution in [0.15, 0.2) is 48.5 Å². The van der Waals surface area contributed by atoms with E-state index in [9.17, 15) is 9.59 Å². The molecule has 0 aliphatic carbocycles. The molecule has 0 aromatic heterocycles. The van der Waals surface area contributed by atoms with E-state index in [1.807, 2.05) is 24.3 Å². The summed E-state index contributed by atoms with van der Waals surface area (Å²) in [6.45, 7) is 9.59. The van der Waals surface area contributed by atoms with Gasteiger partial charge in [0.25, 0.3) is 0 Å². The number of amides is 1. The van der Waals surface area contributed by atoms with E-state index in [0.717, 1.165) is 31.6 Å². The second-order valence-corrected chi connectivity index (χ2v) is 8.52. The molecule has 2 atom stereocenters. The maximum atomic E-state index is 12.3.